The zero-order valence-electron chi connectivity index (χ0n) is 13.3. The molecule has 1 amide bonds. The van der Waals surface area contributed by atoms with Crippen molar-refractivity contribution in [2.24, 2.45) is 0 Å². The molecular formula is C18H16FNO2S2. The van der Waals surface area contributed by atoms with Crippen LogP contribution in [0.5, 0.6) is 0 Å². The van der Waals surface area contributed by atoms with Gasteiger partial charge in [0, 0.05) is 17.7 Å². The van der Waals surface area contributed by atoms with Crippen LogP contribution in [0.4, 0.5) is 4.39 Å². The van der Waals surface area contributed by atoms with Crippen LogP contribution in [-0.4, -0.2) is 21.2 Å². The molecule has 0 spiro atoms. The average molecular weight is 361 g/mol. The monoisotopic (exact) mass is 361 g/mol. The number of hydrogen-bond donors (Lipinski definition) is 0. The summed E-state index contributed by atoms with van der Waals surface area (Å²) < 4.78 is 19.6. The van der Waals surface area contributed by atoms with E-state index in [0.717, 1.165) is 6.42 Å². The number of rotatable bonds is 4. The highest BCUT2D eigenvalue weighted by atomic mass is 32.2. The number of hydrogen-bond acceptors (Lipinski definition) is 4. The van der Waals surface area contributed by atoms with Gasteiger partial charge in [0.2, 0.25) is 0 Å². The largest absolute Gasteiger partial charge is 0.457 e. The first-order valence-corrected chi connectivity index (χ1v) is 8.85. The van der Waals surface area contributed by atoms with Gasteiger partial charge >= 0.3 is 0 Å². The molecule has 0 saturated carbocycles. The maximum Gasteiger partial charge on any atom is 0.266 e. The normalized spacial score (nSPS) is 17.8. The third kappa shape index (κ3) is 3.30. The van der Waals surface area contributed by atoms with Gasteiger partial charge in [-0.05, 0) is 37.6 Å². The van der Waals surface area contributed by atoms with E-state index in [1.165, 1.54) is 23.9 Å². The van der Waals surface area contributed by atoms with Gasteiger partial charge in [0.05, 0.1) is 4.91 Å². The summed E-state index contributed by atoms with van der Waals surface area (Å²) in [5.74, 6) is 0.681. The van der Waals surface area contributed by atoms with Crippen molar-refractivity contribution >= 4 is 40.3 Å². The lowest BCUT2D eigenvalue weighted by Crippen LogP contribution is -2.36. The second-order valence-corrected chi connectivity index (χ2v) is 7.20. The fraction of sp³-hybridized carbons (Fsp3) is 0.222. The van der Waals surface area contributed by atoms with Crippen LogP contribution in [0, 0.1) is 5.82 Å². The highest BCUT2D eigenvalue weighted by molar-refractivity contribution is 8.26. The van der Waals surface area contributed by atoms with Crippen molar-refractivity contribution in [3.8, 4) is 11.3 Å². The minimum absolute atomic E-state index is 0.0721. The first kappa shape index (κ1) is 16.9. The molecule has 3 nitrogen and oxygen atoms in total. The summed E-state index contributed by atoms with van der Waals surface area (Å²) >= 11 is 6.58. The maximum atomic E-state index is 13.3. The van der Waals surface area contributed by atoms with Crippen LogP contribution in [-0.2, 0) is 4.79 Å². The number of carbonyl (C=O) groups excluding carboxylic acids is 1. The zero-order valence-corrected chi connectivity index (χ0v) is 14.9. The van der Waals surface area contributed by atoms with Gasteiger partial charge in [-0.1, -0.05) is 43.0 Å². The third-order valence-corrected chi connectivity index (χ3v) is 5.19. The summed E-state index contributed by atoms with van der Waals surface area (Å²) in [7, 11) is 0. The van der Waals surface area contributed by atoms with Crippen molar-refractivity contribution in [1.29, 1.82) is 0 Å². The second-order valence-electron chi connectivity index (χ2n) is 5.52. The topological polar surface area (TPSA) is 33.5 Å². The Hall–Kier alpha value is -1.92. The van der Waals surface area contributed by atoms with E-state index < -0.39 is 0 Å². The van der Waals surface area contributed by atoms with Crippen LogP contribution >= 0.6 is 24.0 Å². The van der Waals surface area contributed by atoms with E-state index in [1.54, 1.807) is 35.2 Å². The Morgan fingerprint density at radius 1 is 1.38 bits per heavy atom. The lowest BCUT2D eigenvalue weighted by atomic mass is 10.2. The van der Waals surface area contributed by atoms with Gasteiger partial charge in [-0.15, -0.1) is 0 Å². The van der Waals surface area contributed by atoms with Crippen molar-refractivity contribution < 1.29 is 13.6 Å². The third-order valence-electron chi connectivity index (χ3n) is 3.86. The van der Waals surface area contributed by atoms with Gasteiger partial charge < -0.3 is 4.42 Å². The van der Waals surface area contributed by atoms with Crippen LogP contribution < -0.4 is 0 Å². The number of benzene rings is 1. The molecular weight excluding hydrogens is 345 g/mol. The minimum atomic E-state index is -0.320. The summed E-state index contributed by atoms with van der Waals surface area (Å²) in [6.45, 7) is 3.99. The first-order chi connectivity index (χ1) is 11.5. The molecule has 6 heteroatoms. The molecule has 0 bridgehead atoms. The van der Waals surface area contributed by atoms with Gasteiger partial charge in [0.15, 0.2) is 0 Å². The zero-order chi connectivity index (χ0) is 17.3. The van der Waals surface area contributed by atoms with Crippen LogP contribution in [0.25, 0.3) is 17.4 Å². The highest BCUT2D eigenvalue weighted by Gasteiger charge is 2.34. The summed E-state index contributed by atoms with van der Waals surface area (Å²) in [6, 6.07) is 9.78. The highest BCUT2D eigenvalue weighted by Crippen LogP contribution is 2.35. The Labute approximate surface area is 149 Å². The van der Waals surface area contributed by atoms with Crippen LogP contribution in [0.15, 0.2) is 45.7 Å². The fourth-order valence-electron chi connectivity index (χ4n) is 2.40. The lowest BCUT2D eigenvalue weighted by Gasteiger charge is -2.21. The number of nitrogens with zero attached hydrogens (tertiary/aromatic N) is 1. The van der Waals surface area contributed by atoms with E-state index in [9.17, 15) is 9.18 Å². The number of carbonyl (C=O) groups is 1. The Kier molecular flexibility index (Phi) is 4.87. The number of halogens is 1. The minimum Gasteiger partial charge on any atom is -0.457 e. The van der Waals surface area contributed by atoms with Crippen molar-refractivity contribution in [3.63, 3.8) is 0 Å². The lowest BCUT2D eigenvalue weighted by molar-refractivity contribution is -0.123. The molecule has 1 unspecified atom stereocenters. The standard InChI is InChI=1S/C18H16FNO2S2/c1-3-11(2)20-17(21)16(24-18(20)23)10-14-7-8-15(22-14)12-5-4-6-13(19)9-12/h4-11H,3H2,1-2H3. The maximum absolute atomic E-state index is 13.3. The summed E-state index contributed by atoms with van der Waals surface area (Å²) in [4.78, 5) is 14.7. The molecule has 1 aromatic carbocycles. The van der Waals surface area contributed by atoms with E-state index in [0.29, 0.717) is 26.3 Å². The molecule has 24 heavy (non-hydrogen) atoms. The molecule has 1 aliphatic heterocycles. The molecule has 2 aromatic rings. The summed E-state index contributed by atoms with van der Waals surface area (Å²) in [5.41, 5.74) is 0.654. The molecule has 1 fully saturated rings. The molecule has 124 valence electrons. The molecule has 1 aliphatic rings. The number of amides is 1. The van der Waals surface area contributed by atoms with Gasteiger partial charge in [-0.3, -0.25) is 9.69 Å². The number of thiocarbonyl (C=S) groups is 1. The van der Waals surface area contributed by atoms with Gasteiger partial charge in [0.25, 0.3) is 5.91 Å². The van der Waals surface area contributed by atoms with E-state index in [-0.39, 0.29) is 17.8 Å². The predicted molar refractivity (Wildman–Crippen MR) is 98.9 cm³/mol. The molecule has 3 rings (SSSR count). The molecule has 0 N–H and O–H groups in total. The predicted octanol–water partition coefficient (Wildman–Crippen LogP) is 5.09. The molecule has 0 aliphatic carbocycles. The van der Waals surface area contributed by atoms with Crippen molar-refractivity contribution in [2.75, 3.05) is 0 Å². The van der Waals surface area contributed by atoms with Crippen molar-refractivity contribution in [1.82, 2.24) is 4.90 Å². The van der Waals surface area contributed by atoms with Crippen molar-refractivity contribution in [2.45, 2.75) is 26.3 Å². The second kappa shape index (κ2) is 6.91. The summed E-state index contributed by atoms with van der Waals surface area (Å²) in [6.07, 6.45) is 2.52. The van der Waals surface area contributed by atoms with Gasteiger partial charge in [-0.25, -0.2) is 4.39 Å². The summed E-state index contributed by atoms with van der Waals surface area (Å²) in [5, 5.41) is 0. The molecule has 0 radical (unpaired) electrons. The van der Waals surface area contributed by atoms with Gasteiger partial charge in [-0.2, -0.15) is 0 Å². The Bertz CT molecular complexity index is 828. The van der Waals surface area contributed by atoms with E-state index in [4.69, 9.17) is 16.6 Å². The SMILES string of the molecule is CCC(C)N1C(=O)C(=Cc2ccc(-c3cccc(F)c3)o2)SC1=S. The molecule has 1 atom stereocenters. The van der Waals surface area contributed by atoms with E-state index in [2.05, 4.69) is 0 Å². The Morgan fingerprint density at radius 3 is 2.88 bits per heavy atom. The first-order valence-electron chi connectivity index (χ1n) is 7.62. The fourth-order valence-corrected chi connectivity index (χ4v) is 3.84. The van der Waals surface area contributed by atoms with Crippen LogP contribution in [0.3, 0.4) is 0 Å². The van der Waals surface area contributed by atoms with Crippen molar-refractivity contribution in [3.05, 3.63) is 52.9 Å². The van der Waals surface area contributed by atoms with E-state index in [1.807, 2.05) is 13.8 Å². The average Bonchev–Trinajstić information content (AvgIpc) is 3.12. The smallest absolute Gasteiger partial charge is 0.266 e. The number of furan rings is 1. The van der Waals surface area contributed by atoms with Gasteiger partial charge in [0.1, 0.15) is 21.7 Å². The quantitative estimate of drug-likeness (QED) is 0.561. The Morgan fingerprint density at radius 2 is 2.17 bits per heavy atom. The molecule has 1 saturated heterocycles. The Balaban J connectivity index is 1.85. The molecule has 2 heterocycles. The van der Waals surface area contributed by atoms with Crippen LogP contribution in [0.1, 0.15) is 26.0 Å². The van der Waals surface area contributed by atoms with Crippen LogP contribution in [0.2, 0.25) is 0 Å². The van der Waals surface area contributed by atoms with E-state index >= 15 is 0 Å². The molecule has 1 aromatic heterocycles. The number of thioether (sulfide) groups is 1.